The molecule has 4 bridgehead atoms. The number of hydrogen-bond donors (Lipinski definition) is 1. The fourth-order valence-corrected chi connectivity index (χ4v) is 5.31. The Morgan fingerprint density at radius 1 is 1.11 bits per heavy atom. The van der Waals surface area contributed by atoms with Gasteiger partial charge in [-0.2, -0.15) is 0 Å². The Morgan fingerprint density at radius 2 is 1.58 bits per heavy atom. The molecule has 0 aromatic heterocycles. The van der Waals surface area contributed by atoms with E-state index in [0.29, 0.717) is 0 Å². The summed E-state index contributed by atoms with van der Waals surface area (Å²) in [6.45, 7) is 1.48. The number of ether oxygens (including phenoxy) is 1. The molecule has 4 saturated carbocycles. The minimum atomic E-state index is -0.441. The maximum atomic E-state index is 12.1. The van der Waals surface area contributed by atoms with E-state index in [-0.39, 0.29) is 17.3 Å². The highest BCUT2D eigenvalue weighted by Crippen LogP contribution is 2.61. The first-order valence-electron chi connectivity index (χ1n) is 7.37. The van der Waals surface area contributed by atoms with E-state index in [1.165, 1.54) is 33.3 Å². The number of esters is 1. The molecule has 4 aliphatic rings. The van der Waals surface area contributed by atoms with Crippen molar-refractivity contribution in [2.45, 2.75) is 51.5 Å². The second kappa shape index (κ2) is 4.50. The van der Waals surface area contributed by atoms with Crippen LogP contribution in [0.4, 0.5) is 0 Å². The largest absolute Gasteiger partial charge is 0.467 e. The van der Waals surface area contributed by atoms with Gasteiger partial charge in [0.05, 0.1) is 7.11 Å². The predicted octanol–water partition coefficient (Wildman–Crippen LogP) is 1.88. The van der Waals surface area contributed by atoms with E-state index in [4.69, 9.17) is 4.74 Å². The number of hydrogen-bond acceptors (Lipinski definition) is 3. The van der Waals surface area contributed by atoms with Crippen LogP contribution in [-0.4, -0.2) is 25.0 Å². The summed E-state index contributed by atoms with van der Waals surface area (Å²) in [5.41, 5.74) is -0.0342. The molecular formula is C15H23NO3. The molecule has 4 nitrogen and oxygen atoms in total. The third-order valence-corrected chi connectivity index (χ3v) is 5.48. The molecule has 0 aromatic carbocycles. The van der Waals surface area contributed by atoms with Crippen LogP contribution >= 0.6 is 0 Å². The second-order valence-electron chi connectivity index (χ2n) is 6.94. The van der Waals surface area contributed by atoms with Crippen LogP contribution < -0.4 is 5.32 Å². The van der Waals surface area contributed by atoms with Gasteiger partial charge in [0.1, 0.15) is 6.04 Å². The molecule has 4 aliphatic carbocycles. The molecule has 1 unspecified atom stereocenters. The molecule has 1 atom stereocenters. The van der Waals surface area contributed by atoms with E-state index in [1.54, 1.807) is 0 Å². The van der Waals surface area contributed by atoms with E-state index in [9.17, 15) is 9.59 Å². The van der Waals surface area contributed by atoms with Crippen molar-refractivity contribution in [3.05, 3.63) is 0 Å². The number of rotatable bonds is 3. The highest BCUT2D eigenvalue weighted by molar-refractivity contribution is 5.84. The highest BCUT2D eigenvalue weighted by Gasteiger charge is 2.56. The normalized spacial score (nSPS) is 40.8. The Balaban J connectivity index is 1.88. The lowest BCUT2D eigenvalue weighted by Crippen LogP contribution is -2.59. The Labute approximate surface area is 114 Å². The van der Waals surface area contributed by atoms with Gasteiger partial charge in [0.15, 0.2) is 0 Å². The summed E-state index contributed by atoms with van der Waals surface area (Å²) in [5.74, 6) is 1.87. The lowest BCUT2D eigenvalue weighted by atomic mass is 9.47. The number of carbonyl (C=O) groups is 2. The molecule has 0 spiro atoms. The van der Waals surface area contributed by atoms with Crippen molar-refractivity contribution in [2.75, 3.05) is 7.11 Å². The third kappa shape index (κ3) is 2.15. The summed E-state index contributed by atoms with van der Waals surface area (Å²) in [6, 6.07) is -0.441. The molecule has 4 heteroatoms. The average molecular weight is 265 g/mol. The van der Waals surface area contributed by atoms with Gasteiger partial charge in [-0.05, 0) is 56.3 Å². The van der Waals surface area contributed by atoms with Gasteiger partial charge in [-0.1, -0.05) is 0 Å². The minimum absolute atomic E-state index is 0.0342. The summed E-state index contributed by atoms with van der Waals surface area (Å²) in [5, 5.41) is 2.87. The second-order valence-corrected chi connectivity index (χ2v) is 6.94. The first-order valence-corrected chi connectivity index (χ1v) is 7.37. The van der Waals surface area contributed by atoms with Crippen LogP contribution in [0.2, 0.25) is 0 Å². The molecule has 4 fully saturated rings. The number of methoxy groups -OCH3 is 1. The molecule has 0 aliphatic heterocycles. The van der Waals surface area contributed by atoms with Crippen LogP contribution in [0.5, 0.6) is 0 Å². The predicted molar refractivity (Wildman–Crippen MR) is 70.2 cm³/mol. The van der Waals surface area contributed by atoms with Crippen LogP contribution in [-0.2, 0) is 14.3 Å². The van der Waals surface area contributed by atoms with E-state index in [1.807, 2.05) is 0 Å². The molecule has 0 heterocycles. The SMILES string of the molecule is COC(=O)C(NC(C)=O)C12CC3CC(CC(C3)C1)C2. The van der Waals surface area contributed by atoms with E-state index in [2.05, 4.69) is 5.32 Å². The molecular weight excluding hydrogens is 242 g/mol. The summed E-state index contributed by atoms with van der Waals surface area (Å²) < 4.78 is 4.95. The molecule has 106 valence electrons. The Kier molecular flexibility index (Phi) is 3.06. The molecule has 19 heavy (non-hydrogen) atoms. The van der Waals surface area contributed by atoms with Gasteiger partial charge in [-0.15, -0.1) is 0 Å². The maximum Gasteiger partial charge on any atom is 0.328 e. The zero-order valence-electron chi connectivity index (χ0n) is 11.8. The standard InChI is InChI=1S/C15H23NO3/c1-9(17)16-13(14(18)19-2)15-6-10-3-11(7-15)5-12(4-10)8-15/h10-13H,3-8H2,1-2H3,(H,16,17). The number of amides is 1. The number of carbonyl (C=O) groups excluding carboxylic acids is 2. The van der Waals surface area contributed by atoms with Gasteiger partial charge in [0, 0.05) is 12.3 Å². The quantitative estimate of drug-likeness (QED) is 0.793. The van der Waals surface area contributed by atoms with Gasteiger partial charge in [0.2, 0.25) is 5.91 Å². The molecule has 1 N–H and O–H groups in total. The molecule has 0 saturated heterocycles. The first kappa shape index (κ1) is 12.9. The summed E-state index contributed by atoms with van der Waals surface area (Å²) in [6.07, 6.45) is 7.23. The van der Waals surface area contributed by atoms with Crippen molar-refractivity contribution < 1.29 is 14.3 Å². The van der Waals surface area contributed by atoms with Crippen molar-refractivity contribution in [2.24, 2.45) is 23.2 Å². The Hall–Kier alpha value is -1.06. The van der Waals surface area contributed by atoms with Crippen LogP contribution in [0.1, 0.15) is 45.4 Å². The lowest BCUT2D eigenvalue weighted by molar-refractivity contribution is -0.157. The molecule has 0 radical (unpaired) electrons. The maximum absolute atomic E-state index is 12.1. The fraction of sp³-hybridized carbons (Fsp3) is 0.867. The average Bonchev–Trinajstić information content (AvgIpc) is 2.33. The van der Waals surface area contributed by atoms with E-state index < -0.39 is 6.04 Å². The van der Waals surface area contributed by atoms with Crippen LogP contribution in [0.15, 0.2) is 0 Å². The van der Waals surface area contributed by atoms with Crippen LogP contribution in [0.25, 0.3) is 0 Å². The molecule has 0 aromatic rings. The number of nitrogens with one attached hydrogen (secondary N) is 1. The first-order chi connectivity index (χ1) is 9.02. The van der Waals surface area contributed by atoms with Crippen molar-refractivity contribution in [1.29, 1.82) is 0 Å². The van der Waals surface area contributed by atoms with E-state index >= 15 is 0 Å². The fourth-order valence-electron chi connectivity index (χ4n) is 5.31. The van der Waals surface area contributed by atoms with Gasteiger partial charge in [-0.3, -0.25) is 4.79 Å². The van der Waals surface area contributed by atoms with Gasteiger partial charge >= 0.3 is 5.97 Å². The van der Waals surface area contributed by atoms with Gasteiger partial charge < -0.3 is 10.1 Å². The summed E-state index contributed by atoms with van der Waals surface area (Å²) in [7, 11) is 1.41. The topological polar surface area (TPSA) is 55.4 Å². The Bertz CT molecular complexity index is 369. The van der Waals surface area contributed by atoms with Crippen LogP contribution in [0, 0.1) is 23.2 Å². The minimum Gasteiger partial charge on any atom is -0.467 e. The third-order valence-electron chi connectivity index (χ3n) is 5.48. The van der Waals surface area contributed by atoms with Crippen LogP contribution in [0.3, 0.4) is 0 Å². The van der Waals surface area contributed by atoms with Crippen molar-refractivity contribution in [1.82, 2.24) is 5.32 Å². The van der Waals surface area contributed by atoms with Crippen molar-refractivity contribution >= 4 is 11.9 Å². The molecule has 4 rings (SSSR count). The highest BCUT2D eigenvalue weighted by atomic mass is 16.5. The van der Waals surface area contributed by atoms with Gasteiger partial charge in [-0.25, -0.2) is 4.79 Å². The van der Waals surface area contributed by atoms with Crippen molar-refractivity contribution in [3.8, 4) is 0 Å². The monoisotopic (exact) mass is 265 g/mol. The smallest absolute Gasteiger partial charge is 0.328 e. The zero-order valence-corrected chi connectivity index (χ0v) is 11.8. The lowest BCUT2D eigenvalue weighted by Gasteiger charge is -2.58. The van der Waals surface area contributed by atoms with Gasteiger partial charge in [0.25, 0.3) is 0 Å². The zero-order chi connectivity index (χ0) is 13.6. The van der Waals surface area contributed by atoms with Crippen molar-refractivity contribution in [3.63, 3.8) is 0 Å². The summed E-state index contributed by atoms with van der Waals surface area (Å²) >= 11 is 0. The van der Waals surface area contributed by atoms with E-state index in [0.717, 1.165) is 37.0 Å². The summed E-state index contributed by atoms with van der Waals surface area (Å²) in [4.78, 5) is 23.6. The molecule has 1 amide bonds. The Morgan fingerprint density at radius 3 is 1.95 bits per heavy atom.